The van der Waals surface area contributed by atoms with Crippen LogP contribution in [0.2, 0.25) is 0 Å². The van der Waals surface area contributed by atoms with E-state index in [9.17, 15) is 4.79 Å². The van der Waals surface area contributed by atoms with Gasteiger partial charge in [0.05, 0.1) is 6.61 Å². The molecule has 3 rings (SSSR count). The third-order valence-corrected chi connectivity index (χ3v) is 5.87. The molecule has 0 N–H and O–H groups in total. The predicted octanol–water partition coefficient (Wildman–Crippen LogP) is 4.49. The first kappa shape index (κ1) is 21.4. The summed E-state index contributed by atoms with van der Waals surface area (Å²) in [6.45, 7) is 12.2. The summed E-state index contributed by atoms with van der Waals surface area (Å²) >= 11 is 0. The molecule has 4 heteroatoms. The van der Waals surface area contributed by atoms with Gasteiger partial charge in [0.25, 0.3) is 0 Å². The Bertz CT molecular complexity index is 780. The van der Waals surface area contributed by atoms with Crippen molar-refractivity contribution in [2.75, 3.05) is 37.7 Å². The lowest BCUT2D eigenvalue weighted by Crippen LogP contribution is -2.58. The van der Waals surface area contributed by atoms with Gasteiger partial charge in [-0.1, -0.05) is 56.3 Å². The first-order valence-corrected chi connectivity index (χ1v) is 10.8. The van der Waals surface area contributed by atoms with Crippen LogP contribution in [0.1, 0.15) is 38.8 Å². The molecular formula is C25H34N2O2. The Hall–Kier alpha value is -2.33. The molecule has 0 radical (unpaired) electrons. The summed E-state index contributed by atoms with van der Waals surface area (Å²) in [7, 11) is 0. The molecule has 1 unspecified atom stereocenters. The van der Waals surface area contributed by atoms with Gasteiger partial charge in [-0.15, -0.1) is 0 Å². The topological polar surface area (TPSA) is 32.8 Å². The second-order valence-electron chi connectivity index (χ2n) is 8.40. The molecule has 0 saturated carbocycles. The van der Waals surface area contributed by atoms with Crippen molar-refractivity contribution < 1.29 is 9.53 Å². The Morgan fingerprint density at radius 3 is 2.17 bits per heavy atom. The average Bonchev–Trinajstić information content (AvgIpc) is 2.74. The Balaban J connectivity index is 1.81. The second-order valence-corrected chi connectivity index (χ2v) is 8.40. The molecule has 2 aromatic rings. The lowest BCUT2D eigenvalue weighted by molar-refractivity contribution is -0.158. The van der Waals surface area contributed by atoms with Crippen LogP contribution in [0.4, 0.5) is 5.69 Å². The molecule has 0 bridgehead atoms. The quantitative estimate of drug-likeness (QED) is 0.648. The summed E-state index contributed by atoms with van der Waals surface area (Å²) < 4.78 is 5.53. The Morgan fingerprint density at radius 1 is 1.00 bits per heavy atom. The Kier molecular flexibility index (Phi) is 6.96. The number of hydrogen-bond acceptors (Lipinski definition) is 4. The van der Waals surface area contributed by atoms with E-state index in [2.05, 4.69) is 72.2 Å². The van der Waals surface area contributed by atoms with Crippen LogP contribution in [0, 0.1) is 5.92 Å². The summed E-state index contributed by atoms with van der Waals surface area (Å²) in [4.78, 5) is 17.8. The molecule has 1 saturated heterocycles. The van der Waals surface area contributed by atoms with Gasteiger partial charge >= 0.3 is 5.97 Å². The van der Waals surface area contributed by atoms with E-state index >= 15 is 0 Å². The summed E-state index contributed by atoms with van der Waals surface area (Å²) in [5.74, 6) is 0.452. The summed E-state index contributed by atoms with van der Waals surface area (Å²) in [6, 6.07) is 19.0. The van der Waals surface area contributed by atoms with Crippen molar-refractivity contribution in [3.05, 3.63) is 65.7 Å². The van der Waals surface area contributed by atoms with Crippen molar-refractivity contribution in [2.24, 2.45) is 5.92 Å². The minimum absolute atomic E-state index is 0.162. The molecule has 4 nitrogen and oxygen atoms in total. The number of carbonyl (C=O) groups is 1. The monoisotopic (exact) mass is 394 g/mol. The zero-order chi connectivity index (χ0) is 20.9. The van der Waals surface area contributed by atoms with E-state index in [4.69, 9.17) is 4.74 Å². The lowest BCUT2D eigenvalue weighted by atomic mass is 9.88. The van der Waals surface area contributed by atoms with E-state index in [1.165, 1.54) is 11.3 Å². The van der Waals surface area contributed by atoms with Crippen LogP contribution in [0.5, 0.6) is 0 Å². The molecule has 156 valence electrons. The Morgan fingerprint density at radius 2 is 1.62 bits per heavy atom. The number of para-hydroxylation sites is 1. The number of benzene rings is 2. The van der Waals surface area contributed by atoms with Gasteiger partial charge < -0.3 is 9.64 Å². The summed E-state index contributed by atoms with van der Waals surface area (Å²) in [5, 5.41) is 0. The van der Waals surface area contributed by atoms with Gasteiger partial charge in [0.2, 0.25) is 0 Å². The van der Waals surface area contributed by atoms with Crippen LogP contribution in [-0.2, 0) is 21.5 Å². The van der Waals surface area contributed by atoms with Crippen LogP contribution in [0.3, 0.4) is 0 Å². The standard InChI is InChI=1S/C25H34N2O2/c1-5-29-24(28)25(4,22-13-11-21(12-14-22)19-20(2)3)27-17-15-26(16-18-27)23-9-7-6-8-10-23/h6-14,20H,5,15-19H2,1-4H3. The van der Waals surface area contributed by atoms with Crippen LogP contribution in [-0.4, -0.2) is 43.7 Å². The maximum atomic E-state index is 13.1. The molecule has 29 heavy (non-hydrogen) atoms. The third kappa shape index (κ3) is 4.81. The molecule has 1 fully saturated rings. The lowest BCUT2D eigenvalue weighted by Gasteiger charge is -2.45. The van der Waals surface area contributed by atoms with Gasteiger partial charge in [-0.25, -0.2) is 4.79 Å². The molecule has 1 aliphatic heterocycles. The van der Waals surface area contributed by atoms with E-state index in [-0.39, 0.29) is 5.97 Å². The van der Waals surface area contributed by atoms with Gasteiger partial charge in [-0.05, 0) is 49.4 Å². The number of nitrogens with zero attached hydrogens (tertiary/aromatic N) is 2. The highest BCUT2D eigenvalue weighted by Gasteiger charge is 2.43. The van der Waals surface area contributed by atoms with Crippen LogP contribution in [0.25, 0.3) is 0 Å². The number of piperazine rings is 1. The highest BCUT2D eigenvalue weighted by atomic mass is 16.5. The molecule has 0 spiro atoms. The highest BCUT2D eigenvalue weighted by molar-refractivity contribution is 5.82. The highest BCUT2D eigenvalue weighted by Crippen LogP contribution is 2.32. The number of anilines is 1. The van der Waals surface area contributed by atoms with E-state index in [0.29, 0.717) is 12.5 Å². The third-order valence-electron chi connectivity index (χ3n) is 5.87. The number of esters is 1. The smallest absolute Gasteiger partial charge is 0.330 e. The molecule has 2 aromatic carbocycles. The Labute approximate surface area is 175 Å². The van der Waals surface area contributed by atoms with E-state index in [1.807, 2.05) is 19.9 Å². The van der Waals surface area contributed by atoms with Crippen molar-refractivity contribution in [1.29, 1.82) is 0 Å². The fraction of sp³-hybridized carbons (Fsp3) is 0.480. The van der Waals surface area contributed by atoms with Crippen LogP contribution in [0.15, 0.2) is 54.6 Å². The molecule has 1 aliphatic rings. The molecule has 1 heterocycles. The van der Waals surface area contributed by atoms with Crippen LogP contribution >= 0.6 is 0 Å². The van der Waals surface area contributed by atoms with Gasteiger partial charge in [-0.3, -0.25) is 4.90 Å². The zero-order valence-electron chi connectivity index (χ0n) is 18.2. The van der Waals surface area contributed by atoms with Gasteiger partial charge in [0, 0.05) is 31.9 Å². The molecule has 0 aliphatic carbocycles. The molecular weight excluding hydrogens is 360 g/mol. The average molecular weight is 395 g/mol. The number of hydrogen-bond donors (Lipinski definition) is 0. The largest absolute Gasteiger partial charge is 0.464 e. The second kappa shape index (κ2) is 9.45. The van der Waals surface area contributed by atoms with Crippen molar-refractivity contribution in [1.82, 2.24) is 4.90 Å². The number of rotatable bonds is 7. The van der Waals surface area contributed by atoms with E-state index < -0.39 is 5.54 Å². The maximum Gasteiger partial charge on any atom is 0.330 e. The predicted molar refractivity (Wildman–Crippen MR) is 119 cm³/mol. The fourth-order valence-corrected chi connectivity index (χ4v) is 4.19. The van der Waals surface area contributed by atoms with Crippen LogP contribution < -0.4 is 4.90 Å². The van der Waals surface area contributed by atoms with E-state index in [1.54, 1.807) is 0 Å². The van der Waals surface area contributed by atoms with Crippen molar-refractivity contribution in [2.45, 2.75) is 39.7 Å². The zero-order valence-corrected chi connectivity index (χ0v) is 18.2. The van der Waals surface area contributed by atoms with E-state index in [0.717, 1.165) is 38.2 Å². The first-order valence-electron chi connectivity index (χ1n) is 10.8. The minimum atomic E-state index is -0.769. The minimum Gasteiger partial charge on any atom is -0.464 e. The molecule has 0 amide bonds. The normalized spacial score (nSPS) is 17.2. The van der Waals surface area contributed by atoms with Crippen molar-refractivity contribution in [3.8, 4) is 0 Å². The molecule has 0 aromatic heterocycles. The number of carbonyl (C=O) groups excluding carboxylic acids is 1. The SMILES string of the molecule is CCOC(=O)C(C)(c1ccc(CC(C)C)cc1)N1CCN(c2ccccc2)CC1. The van der Waals surface area contributed by atoms with Gasteiger partial charge in [0.1, 0.15) is 5.54 Å². The van der Waals surface area contributed by atoms with Gasteiger partial charge in [-0.2, -0.15) is 0 Å². The fourth-order valence-electron chi connectivity index (χ4n) is 4.19. The van der Waals surface area contributed by atoms with Crippen molar-refractivity contribution in [3.63, 3.8) is 0 Å². The summed E-state index contributed by atoms with van der Waals surface area (Å²) in [5.41, 5.74) is 2.79. The summed E-state index contributed by atoms with van der Waals surface area (Å²) in [6.07, 6.45) is 1.05. The number of ether oxygens (including phenoxy) is 1. The maximum absolute atomic E-state index is 13.1. The van der Waals surface area contributed by atoms with Crippen molar-refractivity contribution >= 4 is 11.7 Å². The van der Waals surface area contributed by atoms with Gasteiger partial charge in [0.15, 0.2) is 0 Å². The molecule has 1 atom stereocenters. The first-order chi connectivity index (χ1) is 13.9.